The van der Waals surface area contributed by atoms with Crippen LogP contribution in [0.25, 0.3) is 0 Å². The Labute approximate surface area is 108 Å². The minimum absolute atomic E-state index is 0.0420. The smallest absolute Gasteiger partial charge is 0.337 e. The number of carbonyl (C=O) groups excluding carboxylic acids is 2. The van der Waals surface area contributed by atoms with E-state index < -0.39 is 17.5 Å². The van der Waals surface area contributed by atoms with Gasteiger partial charge in [-0.25, -0.2) is 4.79 Å². The highest BCUT2D eigenvalue weighted by atomic mass is 16.6. The summed E-state index contributed by atoms with van der Waals surface area (Å²) >= 11 is 0. The first-order valence-electron chi connectivity index (χ1n) is 5.95. The van der Waals surface area contributed by atoms with Crippen LogP contribution in [0.4, 0.5) is 0 Å². The Morgan fingerprint density at radius 3 is 2.11 bits per heavy atom. The van der Waals surface area contributed by atoms with E-state index in [0.29, 0.717) is 6.61 Å². The van der Waals surface area contributed by atoms with Crippen LogP contribution in [-0.2, 0) is 19.1 Å². The summed E-state index contributed by atoms with van der Waals surface area (Å²) in [5, 5.41) is 9.45. The normalized spacial score (nSPS) is 12.7. The van der Waals surface area contributed by atoms with Gasteiger partial charge in [0.2, 0.25) is 0 Å². The van der Waals surface area contributed by atoms with Crippen LogP contribution < -0.4 is 0 Å². The SMILES string of the molecule is CCOC(=O)CC/C(C(=O)OC(C)(C)C)=C(\C)O. The third kappa shape index (κ3) is 6.93. The van der Waals surface area contributed by atoms with Crippen molar-refractivity contribution < 1.29 is 24.2 Å². The topological polar surface area (TPSA) is 72.8 Å². The first kappa shape index (κ1) is 16.5. The lowest BCUT2D eigenvalue weighted by Gasteiger charge is -2.20. The second-order valence-corrected chi connectivity index (χ2v) is 4.87. The van der Waals surface area contributed by atoms with Crippen LogP contribution in [0.1, 0.15) is 47.5 Å². The molecule has 0 heterocycles. The van der Waals surface area contributed by atoms with E-state index in [9.17, 15) is 14.7 Å². The highest BCUT2D eigenvalue weighted by Gasteiger charge is 2.22. The van der Waals surface area contributed by atoms with Crippen molar-refractivity contribution in [3.8, 4) is 0 Å². The zero-order chi connectivity index (χ0) is 14.3. The van der Waals surface area contributed by atoms with Gasteiger partial charge in [-0.05, 0) is 41.0 Å². The number of hydrogen-bond acceptors (Lipinski definition) is 5. The van der Waals surface area contributed by atoms with Gasteiger partial charge in [0.15, 0.2) is 0 Å². The fraction of sp³-hybridized carbons (Fsp3) is 0.692. The number of aliphatic hydroxyl groups is 1. The van der Waals surface area contributed by atoms with E-state index in [1.807, 2.05) is 0 Å². The van der Waals surface area contributed by atoms with Crippen LogP contribution in [0.3, 0.4) is 0 Å². The van der Waals surface area contributed by atoms with Gasteiger partial charge >= 0.3 is 11.9 Å². The van der Waals surface area contributed by atoms with Gasteiger partial charge in [0.25, 0.3) is 0 Å². The third-order valence-corrected chi connectivity index (χ3v) is 1.97. The highest BCUT2D eigenvalue weighted by molar-refractivity contribution is 5.89. The third-order valence-electron chi connectivity index (χ3n) is 1.97. The molecule has 0 amide bonds. The summed E-state index contributed by atoms with van der Waals surface area (Å²) in [6.45, 7) is 8.61. The number of aliphatic hydroxyl groups excluding tert-OH is 1. The zero-order valence-electron chi connectivity index (χ0n) is 11.7. The van der Waals surface area contributed by atoms with Gasteiger partial charge in [-0.1, -0.05) is 0 Å². The fourth-order valence-electron chi connectivity index (χ4n) is 1.23. The van der Waals surface area contributed by atoms with Crippen LogP contribution in [-0.4, -0.2) is 29.3 Å². The maximum Gasteiger partial charge on any atom is 0.337 e. The van der Waals surface area contributed by atoms with E-state index in [2.05, 4.69) is 0 Å². The molecule has 0 aliphatic carbocycles. The summed E-state index contributed by atoms with van der Waals surface area (Å²) in [5.74, 6) is -1.14. The van der Waals surface area contributed by atoms with E-state index in [4.69, 9.17) is 9.47 Å². The first-order chi connectivity index (χ1) is 8.17. The predicted octanol–water partition coefficient (Wildman–Crippen LogP) is 2.50. The quantitative estimate of drug-likeness (QED) is 0.466. The van der Waals surface area contributed by atoms with Crippen LogP contribution in [0.5, 0.6) is 0 Å². The molecule has 0 rings (SSSR count). The zero-order valence-corrected chi connectivity index (χ0v) is 11.7. The second kappa shape index (κ2) is 7.03. The molecule has 0 aliphatic rings. The maximum atomic E-state index is 11.8. The van der Waals surface area contributed by atoms with Crippen LogP contribution in [0.2, 0.25) is 0 Å². The van der Waals surface area contributed by atoms with Crippen molar-refractivity contribution in [1.29, 1.82) is 0 Å². The first-order valence-corrected chi connectivity index (χ1v) is 5.95. The van der Waals surface area contributed by atoms with Crippen molar-refractivity contribution in [2.75, 3.05) is 6.61 Å². The van der Waals surface area contributed by atoms with E-state index >= 15 is 0 Å². The monoisotopic (exact) mass is 258 g/mol. The fourth-order valence-corrected chi connectivity index (χ4v) is 1.23. The van der Waals surface area contributed by atoms with E-state index in [0.717, 1.165) is 0 Å². The molecule has 0 fully saturated rings. The number of carbonyl (C=O) groups is 2. The summed E-state index contributed by atoms with van der Waals surface area (Å²) in [5.41, 5.74) is -0.528. The Hall–Kier alpha value is -1.52. The van der Waals surface area contributed by atoms with E-state index in [1.54, 1.807) is 27.7 Å². The molecule has 0 aliphatic heterocycles. The van der Waals surface area contributed by atoms with Crippen LogP contribution in [0.15, 0.2) is 11.3 Å². The van der Waals surface area contributed by atoms with Gasteiger partial charge in [0, 0.05) is 6.42 Å². The second-order valence-electron chi connectivity index (χ2n) is 4.87. The Morgan fingerprint density at radius 2 is 1.72 bits per heavy atom. The molecule has 0 aromatic carbocycles. The molecule has 1 N–H and O–H groups in total. The van der Waals surface area contributed by atoms with Gasteiger partial charge in [0.05, 0.1) is 17.9 Å². The average molecular weight is 258 g/mol. The number of ether oxygens (including phenoxy) is 2. The molecule has 0 saturated heterocycles. The number of rotatable bonds is 5. The maximum absolute atomic E-state index is 11.8. The molecule has 0 bridgehead atoms. The Morgan fingerprint density at radius 1 is 1.17 bits per heavy atom. The molecule has 0 radical (unpaired) electrons. The van der Waals surface area contributed by atoms with Gasteiger partial charge in [-0.3, -0.25) is 4.79 Å². The molecule has 0 saturated carbocycles. The molecular formula is C13H22O5. The lowest BCUT2D eigenvalue weighted by Crippen LogP contribution is -2.25. The molecule has 18 heavy (non-hydrogen) atoms. The molecule has 0 spiro atoms. The van der Waals surface area contributed by atoms with Crippen molar-refractivity contribution in [3.63, 3.8) is 0 Å². The molecular weight excluding hydrogens is 236 g/mol. The summed E-state index contributed by atoms with van der Waals surface area (Å²) in [6.07, 6.45) is 0.149. The van der Waals surface area contributed by atoms with Gasteiger partial charge in [0.1, 0.15) is 5.60 Å². The van der Waals surface area contributed by atoms with E-state index in [1.165, 1.54) is 6.92 Å². The summed E-state index contributed by atoms with van der Waals surface area (Å²) in [7, 11) is 0. The summed E-state index contributed by atoms with van der Waals surface area (Å²) in [6, 6.07) is 0. The van der Waals surface area contributed by atoms with Crippen LogP contribution in [0, 0.1) is 0 Å². The minimum atomic E-state index is -0.637. The highest BCUT2D eigenvalue weighted by Crippen LogP contribution is 2.17. The molecule has 0 aromatic heterocycles. The number of allylic oxidation sites excluding steroid dienone is 1. The van der Waals surface area contributed by atoms with Crippen molar-refractivity contribution in [1.82, 2.24) is 0 Å². The largest absolute Gasteiger partial charge is 0.512 e. The van der Waals surface area contributed by atoms with Gasteiger partial charge < -0.3 is 14.6 Å². The molecule has 0 aromatic rings. The Kier molecular flexibility index (Phi) is 6.44. The summed E-state index contributed by atoms with van der Waals surface area (Å²) < 4.78 is 9.90. The van der Waals surface area contributed by atoms with Crippen molar-refractivity contribution >= 4 is 11.9 Å². The number of esters is 2. The number of hydrogen-bond donors (Lipinski definition) is 1. The lowest BCUT2D eigenvalue weighted by molar-refractivity contribution is -0.150. The molecule has 0 unspecified atom stereocenters. The Bertz CT molecular complexity index is 332. The minimum Gasteiger partial charge on any atom is -0.512 e. The summed E-state index contributed by atoms with van der Waals surface area (Å²) in [4.78, 5) is 23.0. The molecule has 104 valence electrons. The molecule has 5 heteroatoms. The molecule has 0 atom stereocenters. The van der Waals surface area contributed by atoms with Crippen molar-refractivity contribution in [3.05, 3.63) is 11.3 Å². The standard InChI is InChI=1S/C13H22O5/c1-6-17-11(15)8-7-10(9(2)14)12(16)18-13(3,4)5/h14H,6-8H2,1-5H3/b10-9-. The van der Waals surface area contributed by atoms with Gasteiger partial charge in [-0.2, -0.15) is 0 Å². The Balaban J connectivity index is 4.57. The average Bonchev–Trinajstić information content (AvgIpc) is 2.14. The van der Waals surface area contributed by atoms with Crippen molar-refractivity contribution in [2.45, 2.75) is 53.1 Å². The van der Waals surface area contributed by atoms with E-state index in [-0.39, 0.29) is 24.2 Å². The molecule has 5 nitrogen and oxygen atoms in total. The lowest BCUT2D eigenvalue weighted by atomic mass is 10.1. The van der Waals surface area contributed by atoms with Gasteiger partial charge in [-0.15, -0.1) is 0 Å². The van der Waals surface area contributed by atoms with Crippen LogP contribution >= 0.6 is 0 Å². The van der Waals surface area contributed by atoms with Crippen molar-refractivity contribution in [2.24, 2.45) is 0 Å². The predicted molar refractivity (Wildman–Crippen MR) is 67.0 cm³/mol.